The zero-order valence-corrected chi connectivity index (χ0v) is 14.3. The summed E-state index contributed by atoms with van der Waals surface area (Å²) >= 11 is 1.41. The first-order valence-corrected chi connectivity index (χ1v) is 8.82. The number of carbonyl (C=O) groups excluding carboxylic acids is 2. The van der Waals surface area contributed by atoms with Gasteiger partial charge in [0.1, 0.15) is 4.88 Å². The molecule has 120 valence electrons. The summed E-state index contributed by atoms with van der Waals surface area (Å²) in [6.07, 6.45) is 3.86. The minimum atomic E-state index is -0.226. The highest BCUT2D eigenvalue weighted by molar-refractivity contribution is 7.11. The van der Waals surface area contributed by atoms with Gasteiger partial charge in [-0.1, -0.05) is 0 Å². The smallest absolute Gasteiger partial charge is 0.266 e. The van der Waals surface area contributed by atoms with Crippen molar-refractivity contribution >= 4 is 23.2 Å². The average Bonchev–Trinajstić information content (AvgIpc) is 2.90. The maximum atomic E-state index is 12.9. The van der Waals surface area contributed by atoms with Crippen molar-refractivity contribution in [2.45, 2.75) is 58.0 Å². The van der Waals surface area contributed by atoms with Gasteiger partial charge >= 0.3 is 0 Å². The lowest BCUT2D eigenvalue weighted by molar-refractivity contribution is -0.143. The zero-order valence-electron chi connectivity index (χ0n) is 13.5. The van der Waals surface area contributed by atoms with E-state index in [4.69, 9.17) is 0 Å². The summed E-state index contributed by atoms with van der Waals surface area (Å²) in [6, 6.07) is 0.118. The molecule has 6 heteroatoms. The Morgan fingerprint density at radius 2 is 2.14 bits per heavy atom. The van der Waals surface area contributed by atoms with E-state index in [-0.39, 0.29) is 23.4 Å². The highest BCUT2D eigenvalue weighted by Gasteiger charge is 2.49. The van der Waals surface area contributed by atoms with Crippen molar-refractivity contribution in [3.8, 4) is 0 Å². The van der Waals surface area contributed by atoms with Gasteiger partial charge < -0.3 is 9.80 Å². The Balaban J connectivity index is 1.92. The van der Waals surface area contributed by atoms with Crippen molar-refractivity contribution in [2.75, 3.05) is 13.1 Å². The monoisotopic (exact) mass is 321 g/mol. The van der Waals surface area contributed by atoms with E-state index < -0.39 is 0 Å². The van der Waals surface area contributed by atoms with Crippen LogP contribution in [0.15, 0.2) is 5.51 Å². The summed E-state index contributed by atoms with van der Waals surface area (Å²) in [6.45, 7) is 7.26. The molecule has 3 rings (SSSR count). The second-order valence-corrected chi connectivity index (χ2v) is 7.41. The predicted molar refractivity (Wildman–Crippen MR) is 85.9 cm³/mol. The number of hydrogen-bond donors (Lipinski definition) is 0. The van der Waals surface area contributed by atoms with Crippen LogP contribution in [0.3, 0.4) is 0 Å². The number of carbonyl (C=O) groups is 2. The van der Waals surface area contributed by atoms with Crippen LogP contribution in [0.5, 0.6) is 0 Å². The summed E-state index contributed by atoms with van der Waals surface area (Å²) in [5.74, 6) is 0.205. The van der Waals surface area contributed by atoms with E-state index in [9.17, 15) is 9.59 Å². The number of aromatic nitrogens is 1. The Hall–Kier alpha value is -1.43. The van der Waals surface area contributed by atoms with Crippen molar-refractivity contribution in [3.63, 3.8) is 0 Å². The van der Waals surface area contributed by atoms with Crippen LogP contribution in [0, 0.1) is 6.92 Å². The molecule has 0 radical (unpaired) electrons. The van der Waals surface area contributed by atoms with Crippen molar-refractivity contribution in [3.05, 3.63) is 16.1 Å². The Morgan fingerprint density at radius 3 is 2.77 bits per heavy atom. The molecule has 2 amide bonds. The van der Waals surface area contributed by atoms with E-state index >= 15 is 0 Å². The van der Waals surface area contributed by atoms with E-state index in [1.54, 1.807) is 12.4 Å². The average molecular weight is 321 g/mol. The first-order chi connectivity index (χ1) is 10.4. The summed E-state index contributed by atoms with van der Waals surface area (Å²) in [7, 11) is 0. The molecule has 0 aromatic carbocycles. The lowest BCUT2D eigenvalue weighted by atomic mass is 9.76. The van der Waals surface area contributed by atoms with Crippen LogP contribution >= 0.6 is 11.3 Å². The van der Waals surface area contributed by atoms with Crippen molar-refractivity contribution < 1.29 is 9.59 Å². The van der Waals surface area contributed by atoms with Crippen LogP contribution in [0.2, 0.25) is 0 Å². The number of piperidine rings is 2. The number of hydrogen-bond acceptors (Lipinski definition) is 4. The molecule has 0 spiro atoms. The molecule has 2 atom stereocenters. The molecule has 1 aromatic heterocycles. The van der Waals surface area contributed by atoms with Crippen molar-refractivity contribution in [1.29, 1.82) is 0 Å². The molecule has 22 heavy (non-hydrogen) atoms. The van der Waals surface area contributed by atoms with E-state index in [0.29, 0.717) is 0 Å². The van der Waals surface area contributed by atoms with E-state index in [0.717, 1.165) is 49.3 Å². The van der Waals surface area contributed by atoms with Gasteiger partial charge in [-0.2, -0.15) is 0 Å². The highest BCUT2D eigenvalue weighted by Crippen LogP contribution is 2.40. The highest BCUT2D eigenvalue weighted by atomic mass is 32.1. The fourth-order valence-electron chi connectivity index (χ4n) is 4.14. The van der Waals surface area contributed by atoms with Gasteiger partial charge in [-0.25, -0.2) is 4.98 Å². The quantitative estimate of drug-likeness (QED) is 0.798. The number of thiazole rings is 1. The second-order valence-electron chi connectivity index (χ2n) is 6.55. The van der Waals surface area contributed by atoms with Gasteiger partial charge in [0, 0.05) is 20.0 Å². The number of fused-ring (bicyclic) bond motifs is 1. The summed E-state index contributed by atoms with van der Waals surface area (Å²) in [5, 5.41) is 0. The Bertz CT molecular complexity index is 600. The van der Waals surface area contributed by atoms with Crippen LogP contribution in [0.25, 0.3) is 0 Å². The minimum Gasteiger partial charge on any atom is -0.335 e. The fourth-order valence-corrected chi connectivity index (χ4v) is 4.90. The van der Waals surface area contributed by atoms with Gasteiger partial charge in [0.2, 0.25) is 5.91 Å². The van der Waals surface area contributed by atoms with Crippen LogP contribution < -0.4 is 0 Å². The Labute approximate surface area is 135 Å². The zero-order chi connectivity index (χ0) is 15.9. The molecule has 0 saturated carbocycles. The third-order valence-electron chi connectivity index (χ3n) is 5.23. The maximum Gasteiger partial charge on any atom is 0.266 e. The summed E-state index contributed by atoms with van der Waals surface area (Å²) in [4.78, 5) is 33.9. The number of rotatable bonds is 1. The molecule has 0 bridgehead atoms. The number of nitrogens with zero attached hydrogens (tertiary/aromatic N) is 3. The normalized spacial score (nSPS) is 28.4. The predicted octanol–water partition coefficient (Wildman–Crippen LogP) is 2.46. The standard InChI is InChI=1S/C16H23N3O2S/c1-11-14(22-10-17-11)15(21)18-8-5-7-16(3)13(18)6-4-9-19(16)12(2)20/h10,13H,4-9H2,1-3H3/t13-,16+/m1/s1. The summed E-state index contributed by atoms with van der Waals surface area (Å²) in [5.41, 5.74) is 2.31. The van der Waals surface area contributed by atoms with Gasteiger partial charge in [-0.3, -0.25) is 9.59 Å². The van der Waals surface area contributed by atoms with Gasteiger partial charge in [0.25, 0.3) is 5.91 Å². The molecule has 0 unspecified atom stereocenters. The Morgan fingerprint density at radius 1 is 1.36 bits per heavy atom. The maximum absolute atomic E-state index is 12.9. The van der Waals surface area contributed by atoms with Crippen LogP contribution in [0.1, 0.15) is 54.9 Å². The Kier molecular flexibility index (Phi) is 3.97. The molecule has 0 N–H and O–H groups in total. The third-order valence-corrected chi connectivity index (χ3v) is 6.15. The second kappa shape index (κ2) is 5.65. The molecule has 2 aliphatic rings. The van der Waals surface area contributed by atoms with Crippen LogP contribution in [0.4, 0.5) is 0 Å². The molecule has 2 aliphatic heterocycles. The fraction of sp³-hybridized carbons (Fsp3) is 0.688. The molecule has 3 heterocycles. The largest absolute Gasteiger partial charge is 0.335 e. The summed E-state index contributed by atoms with van der Waals surface area (Å²) < 4.78 is 0. The van der Waals surface area contributed by atoms with Gasteiger partial charge in [0.15, 0.2) is 0 Å². The van der Waals surface area contributed by atoms with Crippen molar-refractivity contribution in [1.82, 2.24) is 14.8 Å². The molecular formula is C16H23N3O2S. The van der Waals surface area contributed by atoms with E-state index in [1.165, 1.54) is 11.3 Å². The van der Waals surface area contributed by atoms with Gasteiger partial charge in [-0.15, -0.1) is 11.3 Å². The third kappa shape index (κ3) is 2.33. The molecule has 1 aromatic rings. The first-order valence-electron chi connectivity index (χ1n) is 7.94. The van der Waals surface area contributed by atoms with Gasteiger partial charge in [-0.05, 0) is 39.5 Å². The molecular weight excluding hydrogens is 298 g/mol. The topological polar surface area (TPSA) is 53.5 Å². The van der Waals surface area contributed by atoms with Gasteiger partial charge in [0.05, 0.1) is 22.8 Å². The molecule has 0 aliphatic carbocycles. The minimum absolute atomic E-state index is 0.0846. The SMILES string of the molecule is CC(=O)N1CCC[C@H]2N(C(=O)c3scnc3C)CCC[C@@]21C. The lowest BCUT2D eigenvalue weighted by Crippen LogP contribution is -2.67. The van der Waals surface area contributed by atoms with E-state index in [2.05, 4.69) is 11.9 Å². The molecule has 5 nitrogen and oxygen atoms in total. The van der Waals surface area contributed by atoms with E-state index in [1.807, 2.05) is 16.7 Å². The molecule has 2 saturated heterocycles. The lowest BCUT2D eigenvalue weighted by Gasteiger charge is -2.56. The molecule has 2 fully saturated rings. The first kappa shape index (κ1) is 15.5. The number of amides is 2. The van der Waals surface area contributed by atoms with Crippen molar-refractivity contribution in [2.24, 2.45) is 0 Å². The van der Waals surface area contributed by atoms with Crippen LogP contribution in [-0.4, -0.2) is 51.3 Å². The van der Waals surface area contributed by atoms with Crippen LogP contribution in [-0.2, 0) is 4.79 Å². The number of aryl methyl sites for hydroxylation is 1. The number of likely N-dealkylation sites (tertiary alicyclic amines) is 2.